The Morgan fingerprint density at radius 1 is 1.15 bits per heavy atom. The Kier molecular flexibility index (Phi) is 8.93. The molecule has 8 nitrogen and oxygen atoms in total. The SMILES string of the molecule is C[C@H](CCNC(=O)OCc1ccccc1)Oc1cc(F)c2c(c1)c(-c1cccc(CO)c1)nn2C1CCCCO1. The number of amides is 1. The maximum atomic E-state index is 15.7. The summed E-state index contributed by atoms with van der Waals surface area (Å²) in [5, 5.41) is 17.8. The zero-order valence-electron chi connectivity index (χ0n) is 22.5. The number of fused-ring (bicyclic) bond motifs is 1. The molecule has 210 valence electrons. The normalized spacial score (nSPS) is 16.0. The average molecular weight is 548 g/mol. The third-order valence-electron chi connectivity index (χ3n) is 6.91. The number of aromatic nitrogens is 2. The lowest BCUT2D eigenvalue weighted by atomic mass is 10.0. The van der Waals surface area contributed by atoms with Crippen LogP contribution in [0.5, 0.6) is 5.75 Å². The lowest BCUT2D eigenvalue weighted by molar-refractivity contribution is -0.0368. The van der Waals surface area contributed by atoms with Crippen LogP contribution >= 0.6 is 0 Å². The maximum absolute atomic E-state index is 15.7. The monoisotopic (exact) mass is 547 g/mol. The molecule has 2 N–H and O–H groups in total. The Bertz CT molecular complexity index is 1440. The Hall–Kier alpha value is -3.95. The molecular weight excluding hydrogens is 513 g/mol. The van der Waals surface area contributed by atoms with Crippen LogP contribution in [0, 0.1) is 5.82 Å². The number of nitrogens with one attached hydrogen (secondary N) is 1. The predicted octanol–water partition coefficient (Wildman–Crippen LogP) is 6.12. The molecule has 2 heterocycles. The molecule has 1 aliphatic heterocycles. The molecule has 5 rings (SSSR count). The van der Waals surface area contributed by atoms with Crippen LogP contribution < -0.4 is 10.1 Å². The standard InChI is InChI=1S/C31H34FN3O5/c1-21(13-14-33-31(37)39-20-22-8-3-2-4-9-22)40-25-17-26-29(24-11-7-10-23(16-24)19-36)34-35(30(26)27(32)18-25)28-12-5-6-15-38-28/h2-4,7-11,16-18,21,28,36H,5-6,12-15,19-20H2,1H3,(H,33,37)/t21-,28?/m1/s1. The van der Waals surface area contributed by atoms with Gasteiger partial charge in [-0.2, -0.15) is 5.10 Å². The third-order valence-corrected chi connectivity index (χ3v) is 6.91. The summed E-state index contributed by atoms with van der Waals surface area (Å²) in [6.07, 6.45) is 2.05. The first-order valence-electron chi connectivity index (χ1n) is 13.7. The molecule has 1 amide bonds. The summed E-state index contributed by atoms with van der Waals surface area (Å²) in [6.45, 7) is 2.91. The molecule has 4 aromatic rings. The van der Waals surface area contributed by atoms with Gasteiger partial charge in [0.15, 0.2) is 12.0 Å². The minimum Gasteiger partial charge on any atom is -0.491 e. The van der Waals surface area contributed by atoms with Crippen LogP contribution in [0.4, 0.5) is 9.18 Å². The number of hydrogen-bond acceptors (Lipinski definition) is 6. The van der Waals surface area contributed by atoms with Crippen LogP contribution in [0.25, 0.3) is 22.2 Å². The van der Waals surface area contributed by atoms with Crippen molar-refractivity contribution in [2.24, 2.45) is 0 Å². The number of aliphatic hydroxyl groups excluding tert-OH is 1. The number of halogens is 1. The topological polar surface area (TPSA) is 94.8 Å². The highest BCUT2D eigenvalue weighted by molar-refractivity contribution is 5.94. The summed E-state index contributed by atoms with van der Waals surface area (Å²) in [5.41, 5.74) is 3.38. The van der Waals surface area contributed by atoms with Crippen molar-refractivity contribution in [2.45, 2.75) is 58.2 Å². The van der Waals surface area contributed by atoms with Crippen molar-refractivity contribution in [3.63, 3.8) is 0 Å². The number of ether oxygens (including phenoxy) is 3. The van der Waals surface area contributed by atoms with E-state index in [4.69, 9.17) is 19.3 Å². The fourth-order valence-electron chi connectivity index (χ4n) is 4.87. The van der Waals surface area contributed by atoms with Crippen molar-refractivity contribution in [1.29, 1.82) is 0 Å². The van der Waals surface area contributed by atoms with Gasteiger partial charge >= 0.3 is 6.09 Å². The number of carbonyl (C=O) groups is 1. The van der Waals surface area contributed by atoms with Crippen molar-refractivity contribution in [3.8, 4) is 17.0 Å². The highest BCUT2D eigenvalue weighted by Gasteiger charge is 2.25. The number of alkyl carbamates (subject to hydrolysis) is 1. The number of aliphatic hydroxyl groups is 1. The van der Waals surface area contributed by atoms with Crippen LogP contribution in [0.3, 0.4) is 0 Å². The van der Waals surface area contributed by atoms with Crippen molar-refractivity contribution < 1.29 is 28.5 Å². The van der Waals surface area contributed by atoms with Crippen LogP contribution in [0.1, 0.15) is 50.0 Å². The van der Waals surface area contributed by atoms with E-state index < -0.39 is 11.9 Å². The van der Waals surface area contributed by atoms with E-state index in [-0.39, 0.29) is 25.5 Å². The van der Waals surface area contributed by atoms with E-state index >= 15 is 4.39 Å². The van der Waals surface area contributed by atoms with Gasteiger partial charge < -0.3 is 24.6 Å². The van der Waals surface area contributed by atoms with E-state index in [0.717, 1.165) is 36.0 Å². The van der Waals surface area contributed by atoms with Gasteiger partial charge in [-0.25, -0.2) is 13.9 Å². The molecule has 9 heteroatoms. The lowest BCUT2D eigenvalue weighted by Crippen LogP contribution is -2.28. The molecule has 1 unspecified atom stereocenters. The van der Waals surface area contributed by atoms with E-state index in [2.05, 4.69) is 5.32 Å². The van der Waals surface area contributed by atoms with E-state index in [0.29, 0.717) is 41.9 Å². The second-order valence-electron chi connectivity index (χ2n) is 9.98. The Morgan fingerprint density at radius 3 is 2.75 bits per heavy atom. The summed E-state index contributed by atoms with van der Waals surface area (Å²) in [4.78, 5) is 12.0. The Labute approximate surface area is 232 Å². The zero-order valence-corrected chi connectivity index (χ0v) is 22.5. The van der Waals surface area contributed by atoms with Crippen LogP contribution in [-0.4, -0.2) is 40.2 Å². The van der Waals surface area contributed by atoms with Crippen LogP contribution in [0.15, 0.2) is 66.7 Å². The molecule has 0 radical (unpaired) electrons. The molecule has 0 spiro atoms. The van der Waals surface area contributed by atoms with E-state index in [9.17, 15) is 9.90 Å². The van der Waals surface area contributed by atoms with E-state index in [1.54, 1.807) is 10.7 Å². The molecule has 0 saturated carbocycles. The minimum absolute atomic E-state index is 0.105. The first-order chi connectivity index (χ1) is 19.5. The summed E-state index contributed by atoms with van der Waals surface area (Å²) in [5.74, 6) is -0.0821. The Balaban J connectivity index is 1.30. The summed E-state index contributed by atoms with van der Waals surface area (Å²) in [6, 6.07) is 20.0. The van der Waals surface area contributed by atoms with Gasteiger partial charge in [-0.1, -0.05) is 48.5 Å². The summed E-state index contributed by atoms with van der Waals surface area (Å²) in [7, 11) is 0. The van der Waals surface area contributed by atoms with E-state index in [1.807, 2.05) is 61.5 Å². The molecule has 1 saturated heterocycles. The number of rotatable bonds is 10. The summed E-state index contributed by atoms with van der Waals surface area (Å²) >= 11 is 0. The van der Waals surface area contributed by atoms with Gasteiger partial charge in [-0.05, 0) is 49.4 Å². The van der Waals surface area contributed by atoms with Gasteiger partial charge in [0.2, 0.25) is 0 Å². The number of hydrogen-bond donors (Lipinski definition) is 2. The molecule has 3 aromatic carbocycles. The smallest absolute Gasteiger partial charge is 0.407 e. The van der Waals surface area contributed by atoms with E-state index in [1.165, 1.54) is 6.07 Å². The van der Waals surface area contributed by atoms with Crippen LogP contribution in [0.2, 0.25) is 0 Å². The van der Waals surface area contributed by atoms with Gasteiger partial charge in [0, 0.05) is 36.6 Å². The number of nitrogens with zero attached hydrogens (tertiary/aromatic N) is 2. The van der Waals surface area contributed by atoms with Crippen molar-refractivity contribution in [3.05, 3.63) is 83.7 Å². The summed E-state index contributed by atoms with van der Waals surface area (Å²) < 4.78 is 34.5. The van der Waals surface area contributed by atoms with Gasteiger partial charge in [0.25, 0.3) is 0 Å². The molecule has 2 atom stereocenters. The minimum atomic E-state index is -0.504. The van der Waals surface area contributed by atoms with Crippen molar-refractivity contribution in [1.82, 2.24) is 15.1 Å². The molecule has 1 aromatic heterocycles. The zero-order chi connectivity index (χ0) is 27.9. The molecule has 1 aliphatic rings. The molecule has 0 aliphatic carbocycles. The predicted molar refractivity (Wildman–Crippen MR) is 149 cm³/mol. The van der Waals surface area contributed by atoms with Gasteiger partial charge in [0.1, 0.15) is 23.6 Å². The highest BCUT2D eigenvalue weighted by Crippen LogP contribution is 2.37. The first-order valence-corrected chi connectivity index (χ1v) is 13.7. The first kappa shape index (κ1) is 27.6. The van der Waals surface area contributed by atoms with Gasteiger partial charge in [-0.3, -0.25) is 0 Å². The second-order valence-corrected chi connectivity index (χ2v) is 9.98. The van der Waals surface area contributed by atoms with Crippen molar-refractivity contribution >= 4 is 17.0 Å². The highest BCUT2D eigenvalue weighted by atomic mass is 19.1. The van der Waals surface area contributed by atoms with Gasteiger partial charge in [0.05, 0.1) is 12.7 Å². The number of benzene rings is 3. The molecule has 1 fully saturated rings. The lowest BCUT2D eigenvalue weighted by Gasteiger charge is -2.23. The quantitative estimate of drug-likeness (QED) is 0.249. The second kappa shape index (κ2) is 12.9. The average Bonchev–Trinajstić information content (AvgIpc) is 3.37. The number of carbonyl (C=O) groups excluding carboxylic acids is 1. The molecule has 0 bridgehead atoms. The van der Waals surface area contributed by atoms with Gasteiger partial charge in [-0.15, -0.1) is 0 Å². The third kappa shape index (κ3) is 6.60. The Morgan fingerprint density at radius 2 is 1.98 bits per heavy atom. The molecular formula is C31H34FN3O5. The fraction of sp³-hybridized carbons (Fsp3) is 0.355. The fourth-order valence-corrected chi connectivity index (χ4v) is 4.87. The van der Waals surface area contributed by atoms with Crippen molar-refractivity contribution in [2.75, 3.05) is 13.2 Å². The maximum Gasteiger partial charge on any atom is 0.407 e. The largest absolute Gasteiger partial charge is 0.491 e. The molecule has 40 heavy (non-hydrogen) atoms. The van der Waals surface area contributed by atoms with Crippen LogP contribution in [-0.2, 0) is 22.7 Å².